The second kappa shape index (κ2) is 7.31. The molecular formula is C17H26ClN. The second-order valence-electron chi connectivity index (χ2n) is 5.97. The SMILES string of the molecule is CCCNC(c1ccccc1Cl)C1CCC(C)CC1. The first-order chi connectivity index (χ1) is 9.22. The lowest BCUT2D eigenvalue weighted by Gasteiger charge is -2.34. The van der Waals surface area contributed by atoms with E-state index >= 15 is 0 Å². The number of rotatable bonds is 5. The lowest BCUT2D eigenvalue weighted by Crippen LogP contribution is -2.31. The summed E-state index contributed by atoms with van der Waals surface area (Å²) in [6.07, 6.45) is 6.55. The van der Waals surface area contributed by atoms with Gasteiger partial charge >= 0.3 is 0 Å². The molecule has 2 heteroatoms. The van der Waals surface area contributed by atoms with E-state index in [0.29, 0.717) is 6.04 Å². The minimum atomic E-state index is 0.432. The molecule has 1 aromatic rings. The third kappa shape index (κ3) is 3.97. The molecule has 19 heavy (non-hydrogen) atoms. The molecule has 1 aliphatic carbocycles. The maximum atomic E-state index is 6.41. The molecular weight excluding hydrogens is 254 g/mol. The Bertz CT molecular complexity index is 383. The van der Waals surface area contributed by atoms with Crippen LogP contribution in [0.5, 0.6) is 0 Å². The van der Waals surface area contributed by atoms with Crippen LogP contribution in [0.1, 0.15) is 57.6 Å². The molecule has 0 saturated heterocycles. The van der Waals surface area contributed by atoms with Crippen LogP contribution >= 0.6 is 11.6 Å². The van der Waals surface area contributed by atoms with Crippen molar-refractivity contribution in [3.8, 4) is 0 Å². The fourth-order valence-electron chi connectivity index (χ4n) is 3.18. The first-order valence-electron chi connectivity index (χ1n) is 7.70. The quantitative estimate of drug-likeness (QED) is 0.780. The Morgan fingerprint density at radius 3 is 2.53 bits per heavy atom. The van der Waals surface area contributed by atoms with Crippen LogP contribution in [0.4, 0.5) is 0 Å². The third-order valence-electron chi connectivity index (χ3n) is 4.39. The van der Waals surface area contributed by atoms with Crippen molar-refractivity contribution in [3.05, 3.63) is 34.9 Å². The topological polar surface area (TPSA) is 12.0 Å². The van der Waals surface area contributed by atoms with Crippen LogP contribution < -0.4 is 5.32 Å². The molecule has 1 aromatic carbocycles. The van der Waals surface area contributed by atoms with Gasteiger partial charge in [0.1, 0.15) is 0 Å². The largest absolute Gasteiger partial charge is 0.310 e. The van der Waals surface area contributed by atoms with Crippen LogP contribution in [0.15, 0.2) is 24.3 Å². The number of halogens is 1. The van der Waals surface area contributed by atoms with Gasteiger partial charge in [-0.2, -0.15) is 0 Å². The minimum Gasteiger partial charge on any atom is -0.310 e. The average molecular weight is 280 g/mol. The highest BCUT2D eigenvalue weighted by Gasteiger charge is 2.27. The predicted molar refractivity (Wildman–Crippen MR) is 83.6 cm³/mol. The van der Waals surface area contributed by atoms with Gasteiger partial charge < -0.3 is 5.32 Å². The van der Waals surface area contributed by atoms with E-state index in [9.17, 15) is 0 Å². The Labute approximate surface area is 122 Å². The van der Waals surface area contributed by atoms with E-state index in [1.807, 2.05) is 12.1 Å². The Morgan fingerprint density at radius 1 is 1.21 bits per heavy atom. The van der Waals surface area contributed by atoms with Crippen LogP contribution in [0.25, 0.3) is 0 Å². The lowest BCUT2D eigenvalue weighted by molar-refractivity contribution is 0.231. The molecule has 1 saturated carbocycles. The predicted octanol–water partition coefficient (Wildman–Crippen LogP) is 5.21. The summed E-state index contributed by atoms with van der Waals surface area (Å²) in [4.78, 5) is 0. The summed E-state index contributed by atoms with van der Waals surface area (Å²) in [5.74, 6) is 1.64. The molecule has 0 aliphatic heterocycles. The maximum Gasteiger partial charge on any atom is 0.0453 e. The van der Waals surface area contributed by atoms with Crippen LogP contribution in [0, 0.1) is 11.8 Å². The van der Waals surface area contributed by atoms with Gasteiger partial charge in [0, 0.05) is 11.1 Å². The Kier molecular flexibility index (Phi) is 5.72. The van der Waals surface area contributed by atoms with Crippen molar-refractivity contribution >= 4 is 11.6 Å². The molecule has 1 nitrogen and oxygen atoms in total. The smallest absolute Gasteiger partial charge is 0.0453 e. The Morgan fingerprint density at radius 2 is 1.89 bits per heavy atom. The van der Waals surface area contributed by atoms with Crippen molar-refractivity contribution in [2.45, 2.75) is 52.0 Å². The zero-order valence-corrected chi connectivity index (χ0v) is 12.9. The summed E-state index contributed by atoms with van der Waals surface area (Å²) in [6, 6.07) is 8.76. The van der Waals surface area contributed by atoms with Crippen LogP contribution in [-0.2, 0) is 0 Å². The number of hydrogen-bond acceptors (Lipinski definition) is 1. The molecule has 1 atom stereocenters. The van der Waals surface area contributed by atoms with Gasteiger partial charge in [0.05, 0.1) is 0 Å². The van der Waals surface area contributed by atoms with Gasteiger partial charge in [-0.1, -0.05) is 56.5 Å². The van der Waals surface area contributed by atoms with Crippen molar-refractivity contribution in [2.24, 2.45) is 11.8 Å². The zero-order valence-electron chi connectivity index (χ0n) is 12.2. The highest BCUT2D eigenvalue weighted by Crippen LogP contribution is 2.38. The first kappa shape index (κ1) is 14.9. The molecule has 0 heterocycles. The van der Waals surface area contributed by atoms with Gasteiger partial charge in [0.15, 0.2) is 0 Å². The van der Waals surface area contributed by atoms with Crippen molar-refractivity contribution in [1.82, 2.24) is 5.32 Å². The van der Waals surface area contributed by atoms with Crippen LogP contribution in [-0.4, -0.2) is 6.54 Å². The van der Waals surface area contributed by atoms with Gasteiger partial charge in [0.2, 0.25) is 0 Å². The third-order valence-corrected chi connectivity index (χ3v) is 4.73. The molecule has 1 N–H and O–H groups in total. The molecule has 0 bridgehead atoms. The Balaban J connectivity index is 2.13. The molecule has 1 fully saturated rings. The van der Waals surface area contributed by atoms with Gasteiger partial charge in [-0.25, -0.2) is 0 Å². The molecule has 0 aromatic heterocycles. The number of benzene rings is 1. The van der Waals surface area contributed by atoms with Gasteiger partial charge in [0.25, 0.3) is 0 Å². The van der Waals surface area contributed by atoms with E-state index < -0.39 is 0 Å². The highest BCUT2D eigenvalue weighted by molar-refractivity contribution is 6.31. The van der Waals surface area contributed by atoms with E-state index in [4.69, 9.17) is 11.6 Å². The molecule has 1 unspecified atom stereocenters. The van der Waals surface area contributed by atoms with E-state index in [-0.39, 0.29) is 0 Å². The summed E-state index contributed by atoms with van der Waals surface area (Å²) >= 11 is 6.41. The van der Waals surface area contributed by atoms with Crippen molar-refractivity contribution in [2.75, 3.05) is 6.54 Å². The standard InChI is InChI=1S/C17H26ClN/c1-3-12-19-17(14-10-8-13(2)9-11-14)15-6-4-5-7-16(15)18/h4-7,13-14,17,19H,3,8-12H2,1-2H3. The number of hydrogen-bond donors (Lipinski definition) is 1. The first-order valence-corrected chi connectivity index (χ1v) is 8.08. The summed E-state index contributed by atoms with van der Waals surface area (Å²) in [6.45, 7) is 5.67. The van der Waals surface area contributed by atoms with E-state index in [0.717, 1.165) is 23.4 Å². The summed E-state index contributed by atoms with van der Waals surface area (Å²) in [5.41, 5.74) is 1.29. The van der Waals surface area contributed by atoms with Crippen molar-refractivity contribution in [3.63, 3.8) is 0 Å². The fraction of sp³-hybridized carbons (Fsp3) is 0.647. The molecule has 0 radical (unpaired) electrons. The zero-order chi connectivity index (χ0) is 13.7. The van der Waals surface area contributed by atoms with Crippen molar-refractivity contribution < 1.29 is 0 Å². The van der Waals surface area contributed by atoms with E-state index in [1.165, 1.54) is 37.7 Å². The number of nitrogens with one attached hydrogen (secondary N) is 1. The van der Waals surface area contributed by atoms with Crippen LogP contribution in [0.3, 0.4) is 0 Å². The summed E-state index contributed by atoms with van der Waals surface area (Å²) in [7, 11) is 0. The lowest BCUT2D eigenvalue weighted by atomic mass is 9.77. The normalized spacial score (nSPS) is 25.2. The Hall–Kier alpha value is -0.530. The molecule has 0 spiro atoms. The second-order valence-corrected chi connectivity index (χ2v) is 6.38. The fourth-order valence-corrected chi connectivity index (χ4v) is 3.43. The maximum absolute atomic E-state index is 6.41. The minimum absolute atomic E-state index is 0.432. The monoisotopic (exact) mass is 279 g/mol. The van der Waals surface area contributed by atoms with Gasteiger partial charge in [-0.3, -0.25) is 0 Å². The molecule has 1 aliphatic rings. The highest BCUT2D eigenvalue weighted by atomic mass is 35.5. The average Bonchev–Trinajstić information content (AvgIpc) is 2.43. The molecule has 2 rings (SSSR count). The molecule has 0 amide bonds. The van der Waals surface area contributed by atoms with E-state index in [1.54, 1.807) is 0 Å². The molecule has 106 valence electrons. The summed E-state index contributed by atoms with van der Waals surface area (Å²) < 4.78 is 0. The van der Waals surface area contributed by atoms with Gasteiger partial charge in [-0.15, -0.1) is 0 Å². The van der Waals surface area contributed by atoms with Crippen LogP contribution in [0.2, 0.25) is 5.02 Å². The van der Waals surface area contributed by atoms with Gasteiger partial charge in [-0.05, 0) is 49.3 Å². The summed E-state index contributed by atoms with van der Waals surface area (Å²) in [5, 5.41) is 4.64. The van der Waals surface area contributed by atoms with E-state index in [2.05, 4.69) is 31.3 Å². The van der Waals surface area contributed by atoms with Crippen molar-refractivity contribution in [1.29, 1.82) is 0 Å².